The van der Waals surface area contributed by atoms with Gasteiger partial charge in [-0.1, -0.05) is 0 Å². The number of rotatable bonds is 6. The molecule has 0 bridgehead atoms. The molecule has 1 heterocycles. The molecule has 1 aromatic carbocycles. The lowest BCUT2D eigenvalue weighted by Crippen LogP contribution is -2.41. The highest BCUT2D eigenvalue weighted by atomic mass is 16.5. The number of carbonyl (C=O) groups excluding carboxylic acids is 4. The predicted octanol–water partition coefficient (Wildman–Crippen LogP) is 1.14. The van der Waals surface area contributed by atoms with Crippen molar-refractivity contribution in [3.8, 4) is 5.75 Å². The summed E-state index contributed by atoms with van der Waals surface area (Å²) in [5, 5.41) is 2.46. The van der Waals surface area contributed by atoms with E-state index in [4.69, 9.17) is 9.47 Å². The molecule has 2 rings (SSSR count). The van der Waals surface area contributed by atoms with Crippen molar-refractivity contribution in [1.29, 1.82) is 0 Å². The van der Waals surface area contributed by atoms with E-state index in [1.165, 1.54) is 27.9 Å². The quantitative estimate of drug-likeness (QED) is 0.470. The van der Waals surface area contributed by atoms with E-state index in [0.29, 0.717) is 11.3 Å². The van der Waals surface area contributed by atoms with Gasteiger partial charge in [0.25, 0.3) is 5.91 Å². The highest BCUT2D eigenvalue weighted by molar-refractivity contribution is 6.08. The van der Waals surface area contributed by atoms with Crippen molar-refractivity contribution in [3.05, 3.63) is 29.8 Å². The number of amides is 3. The van der Waals surface area contributed by atoms with E-state index in [9.17, 15) is 19.2 Å². The molecule has 0 aliphatic carbocycles. The molecule has 0 unspecified atom stereocenters. The number of hydrogen-bond acceptors (Lipinski definition) is 6. The number of imide groups is 1. The van der Waals surface area contributed by atoms with Crippen molar-refractivity contribution in [3.63, 3.8) is 0 Å². The first-order valence-electron chi connectivity index (χ1n) is 7.67. The number of ether oxygens (including phenoxy) is 2. The molecule has 25 heavy (non-hydrogen) atoms. The number of Topliss-reactive ketones (excluding diaryl/α,β-unsaturated/α-hetero) is 1. The lowest BCUT2D eigenvalue weighted by Gasteiger charge is -2.17. The Bertz CT molecular complexity index is 710. The molecule has 1 aliphatic rings. The van der Waals surface area contributed by atoms with Crippen molar-refractivity contribution in [2.45, 2.75) is 32.4 Å². The Morgan fingerprint density at radius 3 is 2.28 bits per heavy atom. The van der Waals surface area contributed by atoms with Gasteiger partial charge in [-0.3, -0.25) is 19.3 Å². The largest absolute Gasteiger partial charge is 0.497 e. The van der Waals surface area contributed by atoms with Crippen LogP contribution in [0.25, 0.3) is 0 Å². The van der Waals surface area contributed by atoms with Crippen LogP contribution in [0.3, 0.4) is 0 Å². The second-order valence-corrected chi connectivity index (χ2v) is 6.17. The minimum Gasteiger partial charge on any atom is -0.497 e. The van der Waals surface area contributed by atoms with Crippen LogP contribution in [0.15, 0.2) is 24.3 Å². The molecular weight excluding hydrogens is 328 g/mol. The van der Waals surface area contributed by atoms with Crippen LogP contribution >= 0.6 is 0 Å². The maximum absolute atomic E-state index is 12.3. The first-order chi connectivity index (χ1) is 11.7. The van der Waals surface area contributed by atoms with Gasteiger partial charge in [0.05, 0.1) is 7.11 Å². The lowest BCUT2D eigenvalue weighted by molar-refractivity contribution is -0.149. The summed E-state index contributed by atoms with van der Waals surface area (Å²) in [6.07, 6.45) is -1.05. The smallest absolute Gasteiger partial charge is 0.326 e. The van der Waals surface area contributed by atoms with Crippen LogP contribution in [0.5, 0.6) is 5.75 Å². The number of methoxy groups -OCH3 is 1. The van der Waals surface area contributed by atoms with Gasteiger partial charge in [0.15, 0.2) is 6.10 Å². The van der Waals surface area contributed by atoms with Crippen LogP contribution in [-0.2, 0) is 14.3 Å². The molecule has 1 aromatic rings. The van der Waals surface area contributed by atoms with E-state index >= 15 is 0 Å². The van der Waals surface area contributed by atoms with E-state index in [0.717, 1.165) is 4.90 Å². The molecule has 8 heteroatoms. The fourth-order valence-corrected chi connectivity index (χ4v) is 2.37. The van der Waals surface area contributed by atoms with Crippen LogP contribution < -0.4 is 10.1 Å². The molecule has 0 spiro atoms. The summed E-state index contributed by atoms with van der Waals surface area (Å²) in [7, 11) is 1.51. The number of hydrogen-bond donors (Lipinski definition) is 1. The van der Waals surface area contributed by atoms with Crippen molar-refractivity contribution in [1.82, 2.24) is 10.2 Å². The van der Waals surface area contributed by atoms with E-state index in [-0.39, 0.29) is 0 Å². The van der Waals surface area contributed by atoms with Crippen LogP contribution in [-0.4, -0.2) is 53.9 Å². The summed E-state index contributed by atoms with van der Waals surface area (Å²) >= 11 is 0. The van der Waals surface area contributed by atoms with E-state index in [1.54, 1.807) is 24.3 Å². The molecule has 0 aromatic heterocycles. The van der Waals surface area contributed by atoms with Gasteiger partial charge in [0, 0.05) is 5.56 Å². The zero-order valence-electron chi connectivity index (χ0n) is 14.5. The molecule has 1 N–H and O–H groups in total. The third-order valence-electron chi connectivity index (χ3n) is 3.78. The maximum Gasteiger partial charge on any atom is 0.326 e. The number of nitrogens with one attached hydrogen (secondary N) is 1. The summed E-state index contributed by atoms with van der Waals surface area (Å²) < 4.78 is 10.1. The third-order valence-corrected chi connectivity index (χ3v) is 3.78. The summed E-state index contributed by atoms with van der Waals surface area (Å²) in [6, 6.07) is 5.70. The number of carbonyl (C=O) groups is 4. The molecule has 134 valence electrons. The second-order valence-electron chi connectivity index (χ2n) is 6.17. The van der Waals surface area contributed by atoms with Crippen molar-refractivity contribution in [2.75, 3.05) is 13.7 Å². The van der Waals surface area contributed by atoms with Gasteiger partial charge in [0.1, 0.15) is 17.8 Å². The van der Waals surface area contributed by atoms with Gasteiger partial charge in [-0.25, -0.2) is 4.79 Å². The second kappa shape index (κ2) is 6.92. The zero-order chi connectivity index (χ0) is 18.8. The zero-order valence-corrected chi connectivity index (χ0v) is 14.5. The van der Waals surface area contributed by atoms with Crippen molar-refractivity contribution >= 4 is 23.7 Å². The summed E-state index contributed by atoms with van der Waals surface area (Å²) in [5.41, 5.74) is -0.709. The average Bonchev–Trinajstić information content (AvgIpc) is 2.76. The Balaban J connectivity index is 1.96. The average molecular weight is 348 g/mol. The Labute approximate surface area is 145 Å². The first-order valence-corrected chi connectivity index (χ1v) is 7.67. The van der Waals surface area contributed by atoms with Crippen LogP contribution in [0.2, 0.25) is 0 Å². The number of nitrogens with zero attached hydrogens (tertiary/aromatic N) is 1. The molecule has 1 aliphatic heterocycles. The van der Waals surface area contributed by atoms with Crippen LogP contribution in [0, 0.1) is 0 Å². The molecule has 3 amide bonds. The van der Waals surface area contributed by atoms with Crippen molar-refractivity contribution in [2.24, 2.45) is 0 Å². The van der Waals surface area contributed by atoms with Gasteiger partial charge in [-0.15, -0.1) is 0 Å². The summed E-state index contributed by atoms with van der Waals surface area (Å²) in [6.45, 7) is 3.96. The maximum atomic E-state index is 12.3. The fourth-order valence-electron chi connectivity index (χ4n) is 2.37. The highest BCUT2D eigenvalue weighted by Gasteiger charge is 2.45. The predicted molar refractivity (Wildman–Crippen MR) is 87.2 cm³/mol. The first kappa shape index (κ1) is 18.4. The standard InChI is InChI=1S/C17H20N2O6/c1-10(14(21)11-5-7-12(24-4)8-6-11)25-13(20)9-19-15(22)17(2,3)18-16(19)23/h5-8,10H,9H2,1-4H3,(H,18,23)/t10-/m1/s1. The molecule has 1 saturated heterocycles. The SMILES string of the molecule is COc1ccc(C(=O)[C@@H](C)OC(=O)CN2C(=O)NC(C)(C)C2=O)cc1. The molecular formula is C17H20N2O6. The van der Waals surface area contributed by atoms with Crippen LogP contribution in [0.4, 0.5) is 4.79 Å². The summed E-state index contributed by atoms with van der Waals surface area (Å²) in [4.78, 5) is 48.8. The van der Waals surface area contributed by atoms with Gasteiger partial charge in [-0.2, -0.15) is 0 Å². The van der Waals surface area contributed by atoms with Gasteiger partial charge in [0.2, 0.25) is 5.78 Å². The minimum atomic E-state index is -1.07. The molecule has 8 nitrogen and oxygen atoms in total. The Kier molecular flexibility index (Phi) is 5.10. The number of benzene rings is 1. The highest BCUT2D eigenvalue weighted by Crippen LogP contribution is 2.17. The minimum absolute atomic E-state index is 0.359. The topological polar surface area (TPSA) is 102 Å². The molecule has 1 fully saturated rings. The van der Waals surface area contributed by atoms with Gasteiger partial charge in [-0.05, 0) is 45.0 Å². The van der Waals surface area contributed by atoms with E-state index in [2.05, 4.69) is 5.32 Å². The van der Waals surface area contributed by atoms with Gasteiger partial charge < -0.3 is 14.8 Å². The molecule has 1 atom stereocenters. The van der Waals surface area contributed by atoms with E-state index < -0.39 is 41.9 Å². The van der Waals surface area contributed by atoms with Crippen LogP contribution in [0.1, 0.15) is 31.1 Å². The molecule has 0 saturated carbocycles. The Hall–Kier alpha value is -2.90. The lowest BCUT2D eigenvalue weighted by atomic mass is 10.1. The number of esters is 1. The number of ketones is 1. The normalized spacial score (nSPS) is 17.0. The fraction of sp³-hybridized carbons (Fsp3) is 0.412. The number of urea groups is 1. The molecule has 0 radical (unpaired) electrons. The monoisotopic (exact) mass is 348 g/mol. The van der Waals surface area contributed by atoms with E-state index in [1.807, 2.05) is 0 Å². The Morgan fingerprint density at radius 1 is 1.20 bits per heavy atom. The summed E-state index contributed by atoms with van der Waals surface area (Å²) in [5.74, 6) is -1.16. The Morgan fingerprint density at radius 2 is 1.80 bits per heavy atom. The third kappa shape index (κ3) is 3.96. The van der Waals surface area contributed by atoms with Crippen molar-refractivity contribution < 1.29 is 28.7 Å². The van der Waals surface area contributed by atoms with Gasteiger partial charge >= 0.3 is 12.0 Å².